The maximum atomic E-state index is 9.94. The number of aryl methyl sites for hydroxylation is 1. The zero-order valence-electron chi connectivity index (χ0n) is 20.4. The molecule has 0 saturated carbocycles. The van der Waals surface area contributed by atoms with Gasteiger partial charge in [-0.1, -0.05) is 24.3 Å². The molecule has 37 heavy (non-hydrogen) atoms. The van der Waals surface area contributed by atoms with Gasteiger partial charge in [-0.15, -0.1) is 0 Å². The second-order valence-corrected chi connectivity index (χ2v) is 10.1. The lowest BCUT2D eigenvalue weighted by atomic mass is 10.0. The molecular formula is C29H25N5O2S. The molecule has 3 aromatic heterocycles. The van der Waals surface area contributed by atoms with Crippen molar-refractivity contribution in [3.8, 4) is 34.1 Å². The van der Waals surface area contributed by atoms with Gasteiger partial charge in [0.2, 0.25) is 0 Å². The van der Waals surface area contributed by atoms with Crippen molar-refractivity contribution in [2.45, 2.75) is 23.8 Å². The standard InChI is InChI=1S/C29H25N5O2S/c1-33-18-23(17-32-33)22-14-26-27(19-34(29(26)31-16-22)37-25-5-3-2-4-6-25)20-7-8-28(21(13-20)15-30)36-24-9-11-35-12-10-24/h2-8,13-14,16-19,24H,9-12H2,1H3. The van der Waals surface area contributed by atoms with E-state index in [2.05, 4.69) is 39.5 Å². The average molecular weight is 508 g/mol. The van der Waals surface area contributed by atoms with Crippen molar-refractivity contribution in [1.29, 1.82) is 5.26 Å². The highest BCUT2D eigenvalue weighted by molar-refractivity contribution is 7.98. The lowest BCUT2D eigenvalue weighted by molar-refractivity contribution is 0.0254. The van der Waals surface area contributed by atoms with Gasteiger partial charge in [0.05, 0.1) is 25.0 Å². The van der Waals surface area contributed by atoms with Crippen LogP contribution in [0.5, 0.6) is 5.75 Å². The van der Waals surface area contributed by atoms with E-state index in [1.54, 1.807) is 16.6 Å². The molecule has 1 aliphatic rings. The summed E-state index contributed by atoms with van der Waals surface area (Å²) in [4.78, 5) is 5.96. The summed E-state index contributed by atoms with van der Waals surface area (Å²) >= 11 is 1.61. The Bertz CT molecular complexity index is 1600. The lowest BCUT2D eigenvalue weighted by Gasteiger charge is -2.23. The molecule has 6 rings (SSSR count). The fraction of sp³-hybridized carbons (Fsp3) is 0.207. The van der Waals surface area contributed by atoms with Crippen LogP contribution in [0.2, 0.25) is 0 Å². The number of nitrogens with zero attached hydrogens (tertiary/aromatic N) is 5. The van der Waals surface area contributed by atoms with Crippen LogP contribution in [0.25, 0.3) is 33.3 Å². The maximum Gasteiger partial charge on any atom is 0.150 e. The Morgan fingerprint density at radius 2 is 1.84 bits per heavy atom. The number of hydrogen-bond acceptors (Lipinski definition) is 6. The molecule has 184 valence electrons. The van der Waals surface area contributed by atoms with Crippen LogP contribution in [-0.2, 0) is 11.8 Å². The molecule has 0 radical (unpaired) electrons. The zero-order valence-corrected chi connectivity index (χ0v) is 21.2. The molecule has 1 aliphatic heterocycles. The van der Waals surface area contributed by atoms with Crippen LogP contribution in [0.4, 0.5) is 0 Å². The molecule has 0 atom stereocenters. The van der Waals surface area contributed by atoms with Crippen LogP contribution >= 0.6 is 11.9 Å². The summed E-state index contributed by atoms with van der Waals surface area (Å²) in [5.41, 5.74) is 5.33. The first-order valence-electron chi connectivity index (χ1n) is 12.2. The van der Waals surface area contributed by atoms with Crippen LogP contribution in [0, 0.1) is 11.3 Å². The Hall–Kier alpha value is -4.06. The zero-order chi connectivity index (χ0) is 25.2. The summed E-state index contributed by atoms with van der Waals surface area (Å²) in [6, 6.07) is 20.6. The normalized spacial score (nSPS) is 14.1. The van der Waals surface area contributed by atoms with Crippen molar-refractivity contribution in [3.63, 3.8) is 0 Å². The van der Waals surface area contributed by atoms with E-state index in [1.807, 2.05) is 62.0 Å². The number of benzene rings is 2. The molecule has 0 N–H and O–H groups in total. The highest BCUT2D eigenvalue weighted by Crippen LogP contribution is 2.38. The number of ether oxygens (including phenoxy) is 2. The highest BCUT2D eigenvalue weighted by Gasteiger charge is 2.19. The minimum absolute atomic E-state index is 0.0714. The van der Waals surface area contributed by atoms with Gasteiger partial charge < -0.3 is 9.47 Å². The molecule has 2 aromatic carbocycles. The molecule has 1 fully saturated rings. The largest absolute Gasteiger partial charge is 0.489 e. The van der Waals surface area contributed by atoms with E-state index in [4.69, 9.17) is 14.5 Å². The molecule has 0 aliphatic carbocycles. The summed E-state index contributed by atoms with van der Waals surface area (Å²) in [5.74, 6) is 0.620. The minimum Gasteiger partial charge on any atom is -0.489 e. The number of pyridine rings is 1. The molecule has 7 nitrogen and oxygen atoms in total. The number of nitriles is 1. The number of fused-ring (bicyclic) bond motifs is 1. The van der Waals surface area contributed by atoms with E-state index in [9.17, 15) is 5.26 Å². The van der Waals surface area contributed by atoms with Crippen molar-refractivity contribution in [1.82, 2.24) is 18.7 Å². The van der Waals surface area contributed by atoms with E-state index in [-0.39, 0.29) is 6.10 Å². The topological polar surface area (TPSA) is 77.9 Å². The van der Waals surface area contributed by atoms with Crippen LogP contribution in [-0.4, -0.2) is 38.1 Å². The first kappa shape index (κ1) is 23.3. The summed E-state index contributed by atoms with van der Waals surface area (Å²) in [5, 5.41) is 15.3. The van der Waals surface area contributed by atoms with Crippen molar-refractivity contribution in [2.24, 2.45) is 7.05 Å². The minimum atomic E-state index is 0.0714. The van der Waals surface area contributed by atoms with Gasteiger partial charge in [0.15, 0.2) is 5.65 Å². The van der Waals surface area contributed by atoms with Gasteiger partial charge in [-0.25, -0.2) is 4.98 Å². The Balaban J connectivity index is 1.43. The number of aromatic nitrogens is 4. The molecular weight excluding hydrogens is 482 g/mol. The van der Waals surface area contributed by atoms with E-state index in [1.165, 1.54) is 0 Å². The number of rotatable bonds is 6. The van der Waals surface area contributed by atoms with Gasteiger partial charge in [-0.3, -0.25) is 8.65 Å². The quantitative estimate of drug-likeness (QED) is 0.277. The molecule has 0 unspecified atom stereocenters. The first-order chi connectivity index (χ1) is 18.2. The van der Waals surface area contributed by atoms with Gasteiger partial charge in [-0.2, -0.15) is 10.4 Å². The third-order valence-corrected chi connectivity index (χ3v) is 7.43. The molecule has 0 bridgehead atoms. The van der Waals surface area contributed by atoms with Crippen LogP contribution in [0.3, 0.4) is 0 Å². The molecule has 5 aromatic rings. The van der Waals surface area contributed by atoms with Crippen molar-refractivity contribution >= 4 is 23.0 Å². The predicted octanol–water partition coefficient (Wildman–Crippen LogP) is 6.09. The third kappa shape index (κ3) is 4.84. The van der Waals surface area contributed by atoms with Crippen LogP contribution in [0.15, 0.2) is 84.3 Å². The monoisotopic (exact) mass is 507 g/mol. The van der Waals surface area contributed by atoms with Gasteiger partial charge in [0.1, 0.15) is 17.9 Å². The van der Waals surface area contributed by atoms with Gasteiger partial charge >= 0.3 is 0 Å². The smallest absolute Gasteiger partial charge is 0.150 e. The highest BCUT2D eigenvalue weighted by atomic mass is 32.2. The molecule has 1 saturated heterocycles. The van der Waals surface area contributed by atoms with Crippen LogP contribution < -0.4 is 4.74 Å². The van der Waals surface area contributed by atoms with Gasteiger partial charge in [0, 0.05) is 65.5 Å². The van der Waals surface area contributed by atoms with E-state index in [0.29, 0.717) is 24.5 Å². The van der Waals surface area contributed by atoms with Gasteiger partial charge in [0.25, 0.3) is 0 Å². The van der Waals surface area contributed by atoms with Crippen molar-refractivity contribution < 1.29 is 9.47 Å². The maximum absolute atomic E-state index is 9.94. The van der Waals surface area contributed by atoms with Crippen molar-refractivity contribution in [2.75, 3.05) is 13.2 Å². The average Bonchev–Trinajstić information content (AvgIpc) is 3.53. The van der Waals surface area contributed by atoms with Crippen molar-refractivity contribution in [3.05, 3.63) is 84.9 Å². The fourth-order valence-corrected chi connectivity index (χ4v) is 5.46. The predicted molar refractivity (Wildman–Crippen MR) is 144 cm³/mol. The summed E-state index contributed by atoms with van der Waals surface area (Å²) in [6.45, 7) is 1.38. The molecule has 8 heteroatoms. The lowest BCUT2D eigenvalue weighted by Crippen LogP contribution is -2.26. The Morgan fingerprint density at radius 1 is 1.00 bits per heavy atom. The second-order valence-electron chi connectivity index (χ2n) is 9.02. The fourth-order valence-electron chi connectivity index (χ4n) is 4.56. The number of hydrogen-bond donors (Lipinski definition) is 0. The third-order valence-electron chi connectivity index (χ3n) is 6.47. The SMILES string of the molecule is Cn1cc(-c2cnc3c(c2)c(-c2ccc(OC4CCOCC4)c(C#N)c2)cn3Sc2ccccc2)cn1. The summed E-state index contributed by atoms with van der Waals surface area (Å²) in [6.07, 6.45) is 9.54. The van der Waals surface area contributed by atoms with E-state index < -0.39 is 0 Å². The van der Waals surface area contributed by atoms with E-state index in [0.717, 1.165) is 51.0 Å². The molecule has 0 amide bonds. The Labute approximate surface area is 219 Å². The summed E-state index contributed by atoms with van der Waals surface area (Å²) < 4.78 is 15.5. The summed E-state index contributed by atoms with van der Waals surface area (Å²) in [7, 11) is 1.90. The molecule has 4 heterocycles. The van der Waals surface area contributed by atoms with E-state index >= 15 is 0 Å². The van der Waals surface area contributed by atoms with Crippen LogP contribution in [0.1, 0.15) is 18.4 Å². The first-order valence-corrected chi connectivity index (χ1v) is 13.0. The Kier molecular flexibility index (Phi) is 6.39. The Morgan fingerprint density at radius 3 is 2.59 bits per heavy atom. The molecule has 0 spiro atoms. The second kappa shape index (κ2) is 10.1. The van der Waals surface area contributed by atoms with Gasteiger partial charge in [-0.05, 0) is 47.8 Å².